The number of piperazine rings is 1. The highest BCUT2D eigenvalue weighted by Gasteiger charge is 2.23. The molecule has 0 unspecified atom stereocenters. The summed E-state index contributed by atoms with van der Waals surface area (Å²) in [6.07, 6.45) is 1.63. The summed E-state index contributed by atoms with van der Waals surface area (Å²) in [5.74, 6) is 0.109. The molecule has 2 fully saturated rings. The summed E-state index contributed by atoms with van der Waals surface area (Å²) < 4.78 is 5.01. The van der Waals surface area contributed by atoms with Crippen LogP contribution in [0.2, 0.25) is 0 Å². The van der Waals surface area contributed by atoms with Crippen LogP contribution in [0, 0.1) is 0 Å². The Morgan fingerprint density at radius 3 is 2.39 bits per heavy atom. The van der Waals surface area contributed by atoms with Gasteiger partial charge in [0.05, 0.1) is 6.61 Å². The molecule has 0 bridgehead atoms. The van der Waals surface area contributed by atoms with Crippen molar-refractivity contribution in [3.05, 3.63) is 24.3 Å². The van der Waals surface area contributed by atoms with Crippen LogP contribution in [0.1, 0.15) is 26.2 Å². The molecule has 1 aromatic carbocycles. The molecule has 2 heterocycles. The number of anilines is 2. The predicted octanol–water partition coefficient (Wildman–Crippen LogP) is 1.92. The molecule has 0 spiro atoms. The zero-order valence-corrected chi connectivity index (χ0v) is 16.4. The van der Waals surface area contributed by atoms with E-state index >= 15 is 0 Å². The van der Waals surface area contributed by atoms with E-state index in [9.17, 15) is 14.4 Å². The molecule has 152 valence electrons. The van der Waals surface area contributed by atoms with Gasteiger partial charge in [0.1, 0.15) is 0 Å². The van der Waals surface area contributed by atoms with E-state index in [0.29, 0.717) is 39.1 Å². The molecule has 1 aromatic rings. The lowest BCUT2D eigenvalue weighted by Gasteiger charge is -2.33. The molecule has 0 atom stereocenters. The molecule has 3 amide bonds. The van der Waals surface area contributed by atoms with Crippen molar-refractivity contribution in [2.45, 2.75) is 26.2 Å². The highest BCUT2D eigenvalue weighted by Crippen LogP contribution is 2.23. The summed E-state index contributed by atoms with van der Waals surface area (Å²) in [5, 5.41) is 2.90. The Morgan fingerprint density at radius 2 is 1.79 bits per heavy atom. The van der Waals surface area contributed by atoms with Gasteiger partial charge in [-0.25, -0.2) is 4.79 Å². The topological polar surface area (TPSA) is 82.2 Å². The first-order valence-corrected chi connectivity index (χ1v) is 9.91. The van der Waals surface area contributed by atoms with Crippen molar-refractivity contribution in [2.24, 2.45) is 0 Å². The summed E-state index contributed by atoms with van der Waals surface area (Å²) in [6, 6.07) is 7.40. The smallest absolute Gasteiger partial charge is 0.409 e. The van der Waals surface area contributed by atoms with Crippen LogP contribution in [0.3, 0.4) is 0 Å². The predicted molar refractivity (Wildman–Crippen MR) is 106 cm³/mol. The van der Waals surface area contributed by atoms with Gasteiger partial charge < -0.3 is 19.9 Å². The Balaban J connectivity index is 1.39. The molecule has 2 aliphatic heterocycles. The second kappa shape index (κ2) is 9.54. The van der Waals surface area contributed by atoms with Gasteiger partial charge in [0, 0.05) is 63.5 Å². The first-order valence-electron chi connectivity index (χ1n) is 9.91. The highest BCUT2D eigenvalue weighted by molar-refractivity contribution is 5.96. The Bertz CT molecular complexity index is 699. The van der Waals surface area contributed by atoms with Crippen LogP contribution in [0.5, 0.6) is 0 Å². The molecule has 2 saturated heterocycles. The number of hydrogen-bond donors (Lipinski definition) is 1. The van der Waals surface area contributed by atoms with E-state index in [4.69, 9.17) is 4.74 Å². The van der Waals surface area contributed by atoms with Gasteiger partial charge in [-0.3, -0.25) is 14.5 Å². The number of rotatable bonds is 6. The third-order valence-corrected chi connectivity index (χ3v) is 5.09. The lowest BCUT2D eigenvalue weighted by molar-refractivity contribution is -0.117. The lowest BCUT2D eigenvalue weighted by Crippen LogP contribution is -2.49. The summed E-state index contributed by atoms with van der Waals surface area (Å²) in [7, 11) is 0. The summed E-state index contributed by atoms with van der Waals surface area (Å²) in [5.41, 5.74) is 1.60. The van der Waals surface area contributed by atoms with Crippen LogP contribution in [0.4, 0.5) is 16.2 Å². The van der Waals surface area contributed by atoms with E-state index in [1.807, 2.05) is 24.3 Å². The highest BCUT2D eigenvalue weighted by atomic mass is 16.6. The van der Waals surface area contributed by atoms with E-state index in [-0.39, 0.29) is 17.9 Å². The van der Waals surface area contributed by atoms with Crippen molar-refractivity contribution in [3.63, 3.8) is 0 Å². The quantitative estimate of drug-likeness (QED) is 0.805. The maximum absolute atomic E-state index is 12.2. The van der Waals surface area contributed by atoms with Crippen LogP contribution >= 0.6 is 0 Å². The van der Waals surface area contributed by atoms with Crippen molar-refractivity contribution < 1.29 is 19.1 Å². The molecule has 0 saturated carbocycles. The minimum absolute atomic E-state index is 0.0437. The first-order chi connectivity index (χ1) is 13.6. The minimum Gasteiger partial charge on any atom is -0.450 e. The summed E-state index contributed by atoms with van der Waals surface area (Å²) in [4.78, 5) is 41.4. The number of amides is 3. The van der Waals surface area contributed by atoms with E-state index in [2.05, 4.69) is 10.2 Å². The SMILES string of the molecule is CCOC(=O)N1CCN(CCC(=O)Nc2ccc(N3CCCC3=O)cc2)CC1. The maximum atomic E-state index is 12.2. The molecule has 0 radical (unpaired) electrons. The van der Waals surface area contributed by atoms with Crippen molar-refractivity contribution in [1.82, 2.24) is 9.80 Å². The van der Waals surface area contributed by atoms with Gasteiger partial charge in [-0.1, -0.05) is 0 Å². The Hall–Kier alpha value is -2.61. The van der Waals surface area contributed by atoms with E-state index in [1.54, 1.807) is 16.7 Å². The van der Waals surface area contributed by atoms with Crippen molar-refractivity contribution >= 4 is 29.3 Å². The van der Waals surface area contributed by atoms with Gasteiger partial charge in [-0.05, 0) is 37.6 Å². The van der Waals surface area contributed by atoms with Crippen LogP contribution in [0.15, 0.2) is 24.3 Å². The van der Waals surface area contributed by atoms with Gasteiger partial charge in [0.25, 0.3) is 0 Å². The molecular formula is C20H28N4O4. The number of nitrogens with zero attached hydrogens (tertiary/aromatic N) is 3. The normalized spacial score (nSPS) is 17.7. The van der Waals surface area contributed by atoms with Gasteiger partial charge in [0.15, 0.2) is 0 Å². The number of benzene rings is 1. The zero-order chi connectivity index (χ0) is 19.9. The Morgan fingerprint density at radius 1 is 1.07 bits per heavy atom. The largest absolute Gasteiger partial charge is 0.450 e. The Kier molecular flexibility index (Phi) is 6.86. The minimum atomic E-state index is -0.265. The van der Waals surface area contributed by atoms with Crippen LogP contribution in [0.25, 0.3) is 0 Å². The Labute approximate surface area is 165 Å². The molecule has 0 aromatic heterocycles. The second-order valence-corrected chi connectivity index (χ2v) is 7.02. The number of hydrogen-bond acceptors (Lipinski definition) is 5. The monoisotopic (exact) mass is 388 g/mol. The molecule has 2 aliphatic rings. The number of nitrogens with one attached hydrogen (secondary N) is 1. The molecule has 8 nitrogen and oxygen atoms in total. The van der Waals surface area contributed by atoms with Gasteiger partial charge in [0.2, 0.25) is 11.8 Å². The van der Waals surface area contributed by atoms with Crippen LogP contribution < -0.4 is 10.2 Å². The molecular weight excluding hydrogens is 360 g/mol. The van der Waals surface area contributed by atoms with E-state index < -0.39 is 0 Å². The fraction of sp³-hybridized carbons (Fsp3) is 0.550. The average Bonchev–Trinajstić information content (AvgIpc) is 3.13. The lowest BCUT2D eigenvalue weighted by atomic mass is 10.2. The fourth-order valence-corrected chi connectivity index (χ4v) is 3.50. The standard InChI is InChI=1S/C20H28N4O4/c1-2-28-20(27)23-14-12-22(13-15-23)11-9-18(25)21-16-5-7-17(8-6-16)24-10-3-4-19(24)26/h5-8H,2-4,9-15H2,1H3,(H,21,25). The molecule has 3 rings (SSSR count). The number of carbonyl (C=O) groups excluding carboxylic acids is 3. The summed E-state index contributed by atoms with van der Waals surface area (Å²) in [6.45, 7) is 6.32. The molecule has 1 N–H and O–H groups in total. The first kappa shape index (κ1) is 20.1. The average molecular weight is 388 g/mol. The van der Waals surface area contributed by atoms with Gasteiger partial charge >= 0.3 is 6.09 Å². The van der Waals surface area contributed by atoms with Crippen molar-refractivity contribution in [2.75, 3.05) is 56.1 Å². The summed E-state index contributed by atoms with van der Waals surface area (Å²) >= 11 is 0. The second-order valence-electron chi connectivity index (χ2n) is 7.02. The fourth-order valence-electron chi connectivity index (χ4n) is 3.50. The third kappa shape index (κ3) is 5.22. The zero-order valence-electron chi connectivity index (χ0n) is 16.4. The van der Waals surface area contributed by atoms with Crippen molar-refractivity contribution in [3.8, 4) is 0 Å². The molecule has 28 heavy (non-hydrogen) atoms. The van der Waals surface area contributed by atoms with Crippen LogP contribution in [-0.4, -0.2) is 73.6 Å². The van der Waals surface area contributed by atoms with Gasteiger partial charge in [-0.15, -0.1) is 0 Å². The number of carbonyl (C=O) groups is 3. The van der Waals surface area contributed by atoms with E-state index in [0.717, 1.165) is 37.4 Å². The molecule has 0 aliphatic carbocycles. The van der Waals surface area contributed by atoms with E-state index in [1.165, 1.54) is 0 Å². The number of ether oxygens (including phenoxy) is 1. The maximum Gasteiger partial charge on any atom is 0.409 e. The third-order valence-electron chi connectivity index (χ3n) is 5.09. The van der Waals surface area contributed by atoms with Gasteiger partial charge in [-0.2, -0.15) is 0 Å². The molecule has 8 heteroatoms. The van der Waals surface area contributed by atoms with Crippen LogP contribution in [-0.2, 0) is 14.3 Å². The van der Waals surface area contributed by atoms with Crippen molar-refractivity contribution in [1.29, 1.82) is 0 Å².